The number of pyridine rings is 1. The summed E-state index contributed by atoms with van der Waals surface area (Å²) in [4.78, 5) is 47.9. The summed E-state index contributed by atoms with van der Waals surface area (Å²) >= 11 is 0. The molecule has 6 rings (SSSR count). The highest BCUT2D eigenvalue weighted by molar-refractivity contribution is 6.05. The zero-order valence-corrected chi connectivity index (χ0v) is 20.4. The van der Waals surface area contributed by atoms with E-state index in [1.807, 2.05) is 61.5 Å². The molecule has 0 fully saturated rings. The molecule has 4 aromatic heterocycles. The van der Waals surface area contributed by atoms with Crippen molar-refractivity contribution in [3.05, 3.63) is 105 Å². The summed E-state index contributed by atoms with van der Waals surface area (Å²) in [6, 6.07) is 17.1. The molecule has 2 aromatic carbocycles. The number of para-hydroxylation sites is 1. The summed E-state index contributed by atoms with van der Waals surface area (Å²) in [5.74, 6) is -0.461. The fourth-order valence-electron chi connectivity index (χ4n) is 4.61. The van der Waals surface area contributed by atoms with E-state index in [1.165, 1.54) is 6.20 Å². The van der Waals surface area contributed by atoms with Crippen molar-refractivity contribution >= 4 is 44.4 Å². The van der Waals surface area contributed by atoms with E-state index in [-0.39, 0.29) is 18.3 Å². The van der Waals surface area contributed by atoms with Gasteiger partial charge in [-0.2, -0.15) is 0 Å². The van der Waals surface area contributed by atoms with Gasteiger partial charge < -0.3 is 25.0 Å². The second-order valence-corrected chi connectivity index (χ2v) is 9.15. The van der Waals surface area contributed by atoms with Gasteiger partial charge in [0.1, 0.15) is 23.4 Å². The molecule has 0 unspecified atom stereocenters. The van der Waals surface area contributed by atoms with E-state index in [4.69, 9.17) is 4.42 Å². The molecule has 0 aliphatic carbocycles. The average molecular weight is 509 g/mol. The highest BCUT2D eigenvalue weighted by Crippen LogP contribution is 2.31. The van der Waals surface area contributed by atoms with Crippen LogP contribution in [0.2, 0.25) is 0 Å². The number of carbonyl (C=O) groups is 1. The molecule has 0 aliphatic heterocycles. The van der Waals surface area contributed by atoms with Crippen molar-refractivity contribution in [2.24, 2.45) is 0 Å². The highest BCUT2D eigenvalue weighted by atomic mass is 16.3. The molecule has 6 aromatic rings. The molecule has 10 nitrogen and oxygen atoms in total. The van der Waals surface area contributed by atoms with Gasteiger partial charge in [0.25, 0.3) is 5.56 Å². The first kappa shape index (κ1) is 23.3. The Kier molecular flexibility index (Phi) is 5.76. The number of hydrogen-bond acceptors (Lipinski definition) is 6. The van der Waals surface area contributed by atoms with E-state index in [9.17, 15) is 14.4 Å². The largest absolute Gasteiger partial charge is 0.456 e. The number of aromatic nitrogens is 4. The normalized spacial score (nSPS) is 12.2. The van der Waals surface area contributed by atoms with E-state index in [0.29, 0.717) is 0 Å². The van der Waals surface area contributed by atoms with Crippen LogP contribution in [0.5, 0.6) is 0 Å². The molecule has 1 amide bonds. The van der Waals surface area contributed by atoms with E-state index in [2.05, 4.69) is 25.6 Å². The third kappa shape index (κ3) is 4.32. The Morgan fingerprint density at radius 2 is 1.92 bits per heavy atom. The van der Waals surface area contributed by atoms with Gasteiger partial charge in [-0.15, -0.1) is 0 Å². The number of carbonyl (C=O) groups excluding carboxylic acids is 1. The molecule has 190 valence electrons. The van der Waals surface area contributed by atoms with Crippen LogP contribution in [0.25, 0.3) is 32.8 Å². The van der Waals surface area contributed by atoms with Gasteiger partial charge >= 0.3 is 5.69 Å². The first-order valence-electron chi connectivity index (χ1n) is 12.1. The second-order valence-electron chi connectivity index (χ2n) is 9.15. The van der Waals surface area contributed by atoms with Crippen LogP contribution in [0, 0.1) is 0 Å². The number of aromatic amines is 2. The van der Waals surface area contributed by atoms with E-state index < -0.39 is 23.7 Å². The molecule has 0 bridgehead atoms. The molecule has 0 aliphatic rings. The highest BCUT2D eigenvalue weighted by Gasteiger charge is 2.15. The van der Waals surface area contributed by atoms with Crippen LogP contribution in [0.15, 0.2) is 87.2 Å². The van der Waals surface area contributed by atoms with E-state index >= 15 is 0 Å². The zero-order chi connectivity index (χ0) is 26.2. The number of furan rings is 1. The molecule has 0 saturated heterocycles. The minimum atomic E-state index is -0.661. The average Bonchev–Trinajstić information content (AvgIpc) is 3.52. The molecule has 10 heteroatoms. The number of hydrogen-bond donors (Lipinski definition) is 4. The van der Waals surface area contributed by atoms with Crippen LogP contribution < -0.4 is 21.9 Å². The topological polar surface area (TPSA) is 138 Å². The van der Waals surface area contributed by atoms with Gasteiger partial charge in [-0.25, -0.2) is 9.36 Å². The monoisotopic (exact) mass is 508 g/mol. The van der Waals surface area contributed by atoms with Crippen LogP contribution in [-0.4, -0.2) is 25.4 Å². The summed E-state index contributed by atoms with van der Waals surface area (Å²) < 4.78 is 6.78. The number of nitrogens with one attached hydrogen (secondary N) is 4. The minimum absolute atomic E-state index is 0.185. The van der Waals surface area contributed by atoms with Crippen molar-refractivity contribution in [3.8, 4) is 0 Å². The number of H-pyrrole nitrogens is 2. The maximum absolute atomic E-state index is 13.1. The molecule has 0 spiro atoms. The molecule has 4 N–H and O–H groups in total. The zero-order valence-electron chi connectivity index (χ0n) is 20.4. The van der Waals surface area contributed by atoms with Crippen molar-refractivity contribution < 1.29 is 9.21 Å². The van der Waals surface area contributed by atoms with Gasteiger partial charge in [-0.1, -0.05) is 24.3 Å². The predicted molar refractivity (Wildman–Crippen MR) is 145 cm³/mol. The lowest BCUT2D eigenvalue weighted by Gasteiger charge is -2.16. The molecule has 0 saturated carbocycles. The maximum Gasteiger partial charge on any atom is 0.328 e. The molecule has 38 heavy (non-hydrogen) atoms. The lowest BCUT2D eigenvalue weighted by Crippen LogP contribution is -2.41. The Bertz CT molecular complexity index is 1900. The van der Waals surface area contributed by atoms with Crippen molar-refractivity contribution in [1.29, 1.82) is 0 Å². The Morgan fingerprint density at radius 1 is 1.08 bits per heavy atom. The second kappa shape index (κ2) is 9.40. The van der Waals surface area contributed by atoms with Crippen LogP contribution >= 0.6 is 0 Å². The maximum atomic E-state index is 13.1. The number of rotatable bonds is 7. The number of fused-ring (bicyclic) bond motifs is 4. The smallest absolute Gasteiger partial charge is 0.328 e. The van der Waals surface area contributed by atoms with Gasteiger partial charge in [0, 0.05) is 52.0 Å². The standard InChI is InChI=1S/C28H24N6O4/c1-16(17-6-7-25-21(11-17)20-4-2-3-5-24(20)38-25)32-23-14-31-28(37)34(27(23)36)15-26(35)30-13-19-10-18-12-29-9-8-22(18)33-19/h2-12,14,16,32-33H,13,15H2,1H3,(H,30,35)(H,31,37)/t16-/m1/s1. The fraction of sp³-hybridized carbons (Fsp3) is 0.143. The molecule has 1 atom stereocenters. The Hall–Kier alpha value is -5.12. The summed E-state index contributed by atoms with van der Waals surface area (Å²) in [7, 11) is 0. The van der Waals surface area contributed by atoms with E-state index in [0.717, 1.165) is 48.7 Å². The van der Waals surface area contributed by atoms with Crippen molar-refractivity contribution in [2.75, 3.05) is 5.32 Å². The van der Waals surface area contributed by atoms with Crippen LogP contribution in [0.3, 0.4) is 0 Å². The van der Waals surface area contributed by atoms with Crippen LogP contribution in [0.1, 0.15) is 24.2 Å². The Balaban J connectivity index is 1.18. The summed E-state index contributed by atoms with van der Waals surface area (Å²) in [6.45, 7) is 1.73. The molecule has 4 heterocycles. The number of amides is 1. The lowest BCUT2D eigenvalue weighted by atomic mass is 10.0. The molecular formula is C28H24N6O4. The van der Waals surface area contributed by atoms with Crippen molar-refractivity contribution in [2.45, 2.75) is 26.1 Å². The minimum Gasteiger partial charge on any atom is -0.456 e. The Labute approximate surface area is 215 Å². The van der Waals surface area contributed by atoms with Gasteiger partial charge in [0.2, 0.25) is 5.91 Å². The van der Waals surface area contributed by atoms with Crippen LogP contribution in [0.4, 0.5) is 5.69 Å². The van der Waals surface area contributed by atoms with Gasteiger partial charge in [0.05, 0.1) is 6.54 Å². The number of benzene rings is 2. The van der Waals surface area contributed by atoms with Crippen LogP contribution in [-0.2, 0) is 17.9 Å². The summed E-state index contributed by atoms with van der Waals surface area (Å²) in [6.07, 6.45) is 4.74. The van der Waals surface area contributed by atoms with Gasteiger partial charge in [-0.05, 0) is 42.8 Å². The van der Waals surface area contributed by atoms with Gasteiger partial charge in [0.15, 0.2) is 0 Å². The van der Waals surface area contributed by atoms with Crippen molar-refractivity contribution in [1.82, 2.24) is 24.8 Å². The SMILES string of the molecule is C[C@@H](Nc1c[nH]c(=O)n(CC(=O)NCc2cc3cnccc3[nH]2)c1=O)c1ccc2oc3ccccc3c2c1. The lowest BCUT2D eigenvalue weighted by molar-refractivity contribution is -0.121. The first-order valence-corrected chi connectivity index (χ1v) is 12.1. The van der Waals surface area contributed by atoms with E-state index in [1.54, 1.807) is 12.4 Å². The summed E-state index contributed by atoms with van der Waals surface area (Å²) in [5, 5.41) is 8.83. The number of anilines is 1. The quantitative estimate of drug-likeness (QED) is 0.259. The predicted octanol–water partition coefficient (Wildman–Crippen LogP) is 3.80. The fourth-order valence-corrected chi connectivity index (χ4v) is 4.61. The van der Waals surface area contributed by atoms with Gasteiger partial charge in [-0.3, -0.25) is 14.6 Å². The third-order valence-electron chi connectivity index (χ3n) is 6.59. The first-order chi connectivity index (χ1) is 18.5. The van der Waals surface area contributed by atoms with Crippen molar-refractivity contribution in [3.63, 3.8) is 0 Å². The molecule has 0 radical (unpaired) electrons. The molecular weight excluding hydrogens is 484 g/mol. The Morgan fingerprint density at radius 3 is 2.79 bits per heavy atom. The number of nitrogens with zero attached hydrogens (tertiary/aromatic N) is 2. The summed E-state index contributed by atoms with van der Waals surface area (Å²) in [5.41, 5.74) is 3.16. The third-order valence-corrected chi connectivity index (χ3v) is 6.59.